The third kappa shape index (κ3) is 5.52. The lowest BCUT2D eigenvalue weighted by atomic mass is 9.90. The topological polar surface area (TPSA) is 77.2 Å². The van der Waals surface area contributed by atoms with E-state index >= 15 is 0 Å². The molecule has 3 aromatic rings. The van der Waals surface area contributed by atoms with Gasteiger partial charge in [0.05, 0.1) is 30.3 Å². The Kier molecular flexibility index (Phi) is 7.48. The number of hydrogen-bond acceptors (Lipinski definition) is 6. The first-order valence-corrected chi connectivity index (χ1v) is 13.0. The van der Waals surface area contributed by atoms with Crippen LogP contribution in [0.5, 0.6) is 0 Å². The summed E-state index contributed by atoms with van der Waals surface area (Å²) in [5.74, 6) is 0.527. The van der Waals surface area contributed by atoms with Crippen molar-refractivity contribution in [3.63, 3.8) is 0 Å². The molecule has 5 rings (SSSR count). The number of hydrogen-bond donors (Lipinski definition) is 1. The minimum absolute atomic E-state index is 0.167. The molecule has 0 spiro atoms. The quantitative estimate of drug-likeness (QED) is 0.536. The van der Waals surface area contributed by atoms with E-state index in [1.807, 2.05) is 12.3 Å². The molecule has 192 valence electrons. The molecule has 9 heteroatoms. The maximum absolute atomic E-state index is 13.6. The van der Waals surface area contributed by atoms with Crippen LogP contribution in [0.4, 0.5) is 10.3 Å². The molecule has 1 saturated heterocycles. The first-order chi connectivity index (χ1) is 17.5. The lowest BCUT2D eigenvalue weighted by Crippen LogP contribution is -2.46. The fraction of sp³-hybridized carbons (Fsp3) is 0.519. The van der Waals surface area contributed by atoms with Crippen LogP contribution < -0.4 is 11.0 Å². The molecule has 1 aromatic carbocycles. The Morgan fingerprint density at radius 3 is 2.50 bits per heavy atom. The van der Waals surface area contributed by atoms with Crippen LogP contribution in [0.25, 0.3) is 17.1 Å². The minimum atomic E-state index is -0.341. The molecule has 2 fully saturated rings. The number of anilines is 1. The van der Waals surface area contributed by atoms with Crippen LogP contribution in [0.15, 0.2) is 47.5 Å². The Morgan fingerprint density at radius 2 is 1.81 bits per heavy atom. The molecule has 0 atom stereocenters. The maximum atomic E-state index is 13.6. The van der Waals surface area contributed by atoms with Crippen molar-refractivity contribution >= 4 is 5.95 Å². The fourth-order valence-electron chi connectivity index (χ4n) is 5.32. The minimum Gasteiger partial charge on any atom is -0.379 e. The van der Waals surface area contributed by atoms with Crippen LogP contribution in [-0.2, 0) is 11.3 Å². The Morgan fingerprint density at radius 1 is 1.08 bits per heavy atom. The van der Waals surface area contributed by atoms with Crippen molar-refractivity contribution < 1.29 is 9.13 Å². The molecular formula is C27H35FN6O2. The number of halogens is 1. The zero-order valence-electron chi connectivity index (χ0n) is 21.1. The molecule has 8 nitrogen and oxygen atoms in total. The molecule has 1 saturated carbocycles. The number of benzene rings is 1. The van der Waals surface area contributed by atoms with Gasteiger partial charge in [-0.3, -0.25) is 14.0 Å². The number of rotatable bonds is 7. The summed E-state index contributed by atoms with van der Waals surface area (Å²) in [4.78, 5) is 25.1. The zero-order chi connectivity index (χ0) is 25.1. The Labute approximate surface area is 211 Å². The van der Waals surface area contributed by atoms with Crippen molar-refractivity contribution in [1.82, 2.24) is 24.0 Å². The van der Waals surface area contributed by atoms with Gasteiger partial charge in [0.25, 0.3) is 0 Å². The average Bonchev–Trinajstić information content (AvgIpc) is 3.21. The molecule has 36 heavy (non-hydrogen) atoms. The summed E-state index contributed by atoms with van der Waals surface area (Å²) in [5, 5.41) is 3.53. The number of morpholine rings is 1. The normalized spacial score (nSPS) is 21.1. The second kappa shape index (κ2) is 10.9. The molecule has 2 aliphatic rings. The largest absolute Gasteiger partial charge is 0.379 e. The highest BCUT2D eigenvalue weighted by atomic mass is 19.1. The van der Waals surface area contributed by atoms with Gasteiger partial charge in [-0.1, -0.05) is 13.8 Å². The number of aromatic nitrogens is 4. The van der Waals surface area contributed by atoms with E-state index in [0.29, 0.717) is 47.6 Å². The second-order valence-corrected chi connectivity index (χ2v) is 10.2. The molecule has 1 aliphatic carbocycles. The van der Waals surface area contributed by atoms with Crippen LogP contribution in [0.2, 0.25) is 0 Å². The zero-order valence-corrected chi connectivity index (χ0v) is 21.1. The summed E-state index contributed by atoms with van der Waals surface area (Å²) in [5.41, 5.74) is 1.75. The summed E-state index contributed by atoms with van der Waals surface area (Å²) in [6.45, 7) is 8.45. The Bertz CT molecular complexity index is 1210. The maximum Gasteiger partial charge on any atom is 0.333 e. The summed E-state index contributed by atoms with van der Waals surface area (Å²) in [7, 11) is 0. The highest BCUT2D eigenvalue weighted by molar-refractivity contribution is 5.59. The highest BCUT2D eigenvalue weighted by Crippen LogP contribution is 2.27. The molecule has 0 radical (unpaired) electrons. The number of nitrogens with zero attached hydrogens (tertiary/aromatic N) is 5. The third-order valence-corrected chi connectivity index (χ3v) is 7.11. The predicted octanol–water partition coefficient (Wildman–Crippen LogP) is 3.95. The van der Waals surface area contributed by atoms with E-state index in [4.69, 9.17) is 9.72 Å². The van der Waals surface area contributed by atoms with Crippen LogP contribution in [0, 0.1) is 11.7 Å². The molecule has 0 amide bonds. The lowest BCUT2D eigenvalue weighted by molar-refractivity contribution is 0.00790. The van der Waals surface area contributed by atoms with Gasteiger partial charge in [0.15, 0.2) is 0 Å². The van der Waals surface area contributed by atoms with E-state index in [1.54, 1.807) is 27.5 Å². The molecule has 1 N–H and O–H groups in total. The predicted molar refractivity (Wildman–Crippen MR) is 138 cm³/mol. The summed E-state index contributed by atoms with van der Waals surface area (Å²) in [6.07, 6.45) is 8.01. The van der Waals surface area contributed by atoms with Crippen LogP contribution in [0.1, 0.15) is 39.5 Å². The number of ether oxygens (including phenoxy) is 1. The van der Waals surface area contributed by atoms with Gasteiger partial charge in [-0.15, -0.1) is 0 Å². The van der Waals surface area contributed by atoms with E-state index in [-0.39, 0.29) is 11.5 Å². The first kappa shape index (κ1) is 24.6. The van der Waals surface area contributed by atoms with E-state index in [2.05, 4.69) is 29.0 Å². The Balaban J connectivity index is 1.36. The SMILES string of the molecule is CC(C)Cn1cc(-c2ccnc(NC3CCC(N4CCOCC4)CC3)n2)n(-c2ccc(F)cc2)c1=O. The molecule has 0 unspecified atom stereocenters. The monoisotopic (exact) mass is 494 g/mol. The van der Waals surface area contributed by atoms with Gasteiger partial charge in [0, 0.05) is 44.1 Å². The second-order valence-electron chi connectivity index (χ2n) is 10.2. The van der Waals surface area contributed by atoms with Gasteiger partial charge in [0.1, 0.15) is 5.82 Å². The van der Waals surface area contributed by atoms with Crippen molar-refractivity contribution in [2.75, 3.05) is 31.6 Å². The van der Waals surface area contributed by atoms with Crippen LogP contribution in [0.3, 0.4) is 0 Å². The van der Waals surface area contributed by atoms with Gasteiger partial charge in [0.2, 0.25) is 5.95 Å². The number of imidazole rings is 1. The van der Waals surface area contributed by atoms with Crippen LogP contribution >= 0.6 is 0 Å². The third-order valence-electron chi connectivity index (χ3n) is 7.11. The van der Waals surface area contributed by atoms with Gasteiger partial charge in [-0.05, 0) is 61.9 Å². The van der Waals surface area contributed by atoms with E-state index in [1.165, 1.54) is 12.1 Å². The van der Waals surface area contributed by atoms with Crippen molar-refractivity contribution in [1.29, 1.82) is 0 Å². The fourth-order valence-corrected chi connectivity index (χ4v) is 5.32. The van der Waals surface area contributed by atoms with Crippen molar-refractivity contribution in [3.05, 3.63) is 59.0 Å². The van der Waals surface area contributed by atoms with E-state index in [0.717, 1.165) is 52.0 Å². The van der Waals surface area contributed by atoms with Crippen molar-refractivity contribution in [2.24, 2.45) is 5.92 Å². The van der Waals surface area contributed by atoms with Crippen LogP contribution in [-0.4, -0.2) is 62.4 Å². The van der Waals surface area contributed by atoms with Crippen molar-refractivity contribution in [3.8, 4) is 17.1 Å². The Hall–Kier alpha value is -3.04. The smallest absolute Gasteiger partial charge is 0.333 e. The summed E-state index contributed by atoms with van der Waals surface area (Å²) >= 11 is 0. The number of nitrogens with one attached hydrogen (secondary N) is 1. The molecule has 0 bridgehead atoms. The summed E-state index contributed by atoms with van der Waals surface area (Å²) < 4.78 is 22.4. The van der Waals surface area contributed by atoms with Gasteiger partial charge in [-0.2, -0.15) is 0 Å². The average molecular weight is 495 g/mol. The first-order valence-electron chi connectivity index (χ1n) is 13.0. The molecule has 3 heterocycles. The van der Waals surface area contributed by atoms with Gasteiger partial charge < -0.3 is 10.1 Å². The standard InChI is InChI=1S/C27H35FN6O2/c1-19(2)17-33-18-25(34(27(33)35)23-7-3-20(28)4-8-23)24-11-12-29-26(31-24)30-21-5-9-22(10-6-21)32-13-15-36-16-14-32/h3-4,7-8,11-12,18-19,21-22H,5-6,9-10,13-17H2,1-2H3,(H,29,30,31). The van der Waals surface area contributed by atoms with Gasteiger partial charge in [-0.25, -0.2) is 19.2 Å². The van der Waals surface area contributed by atoms with E-state index < -0.39 is 0 Å². The molecule has 1 aliphatic heterocycles. The lowest BCUT2D eigenvalue weighted by Gasteiger charge is -2.38. The summed E-state index contributed by atoms with van der Waals surface area (Å²) in [6, 6.07) is 8.74. The van der Waals surface area contributed by atoms with E-state index in [9.17, 15) is 9.18 Å². The van der Waals surface area contributed by atoms with Gasteiger partial charge >= 0.3 is 5.69 Å². The molecule has 2 aromatic heterocycles. The van der Waals surface area contributed by atoms with Crippen molar-refractivity contribution in [2.45, 2.75) is 58.2 Å². The molecular weight excluding hydrogens is 459 g/mol. The highest BCUT2D eigenvalue weighted by Gasteiger charge is 2.27.